The second kappa shape index (κ2) is 7.12. The Hall–Kier alpha value is -1.95. The first-order valence-electron chi connectivity index (χ1n) is 8.37. The van der Waals surface area contributed by atoms with E-state index in [2.05, 4.69) is 0 Å². The highest BCUT2D eigenvalue weighted by atomic mass is 35.5. The maximum Gasteiger partial charge on any atom is 0.329 e. The number of nitrogens with zero attached hydrogens (tertiary/aromatic N) is 1. The number of rotatable bonds is 4. The summed E-state index contributed by atoms with van der Waals surface area (Å²) in [6, 6.07) is 2.80. The third-order valence-electron chi connectivity index (χ3n) is 4.99. The van der Waals surface area contributed by atoms with E-state index in [-0.39, 0.29) is 35.3 Å². The normalized spacial score (nSPS) is 24.2. The smallest absolute Gasteiger partial charge is 0.329 e. The van der Waals surface area contributed by atoms with E-state index in [4.69, 9.17) is 16.3 Å². The van der Waals surface area contributed by atoms with Crippen molar-refractivity contribution in [2.75, 3.05) is 0 Å². The number of carbonyl (C=O) groups is 3. The van der Waals surface area contributed by atoms with Crippen LogP contribution in [0.1, 0.15) is 38.2 Å². The monoisotopic (exact) mass is 367 g/mol. The summed E-state index contributed by atoms with van der Waals surface area (Å²) in [4.78, 5) is 38.3. The molecule has 1 saturated heterocycles. The van der Waals surface area contributed by atoms with Crippen molar-refractivity contribution in [2.45, 2.75) is 45.3 Å². The van der Waals surface area contributed by atoms with Gasteiger partial charge in [-0.3, -0.25) is 14.5 Å². The number of hydrogen-bond acceptors (Lipinski definition) is 4. The van der Waals surface area contributed by atoms with Gasteiger partial charge in [0, 0.05) is 5.56 Å². The Bertz CT molecular complexity index is 699. The standard InChI is InChI=1S/C18H19ClFNO4/c1-10(18(24)25-9-11-6-7-12(20)8-15(11)19)21-16(22)13-4-2-3-5-14(13)17(21)23/h6-8,10,13-14H,2-5,9H2,1H3. The molecule has 2 amide bonds. The van der Waals surface area contributed by atoms with Gasteiger partial charge in [-0.1, -0.05) is 30.5 Å². The lowest BCUT2D eigenvalue weighted by Gasteiger charge is -2.21. The number of imide groups is 1. The van der Waals surface area contributed by atoms with Gasteiger partial charge in [-0.15, -0.1) is 0 Å². The summed E-state index contributed by atoms with van der Waals surface area (Å²) in [5.41, 5.74) is 0.455. The molecule has 2 fully saturated rings. The van der Waals surface area contributed by atoms with Crippen LogP contribution in [0.5, 0.6) is 0 Å². The van der Waals surface area contributed by atoms with Gasteiger partial charge in [0.15, 0.2) is 0 Å². The first kappa shape index (κ1) is 17.9. The lowest BCUT2D eigenvalue weighted by atomic mass is 9.81. The van der Waals surface area contributed by atoms with Crippen molar-refractivity contribution in [2.24, 2.45) is 11.8 Å². The molecule has 3 rings (SSSR count). The van der Waals surface area contributed by atoms with Crippen molar-refractivity contribution >= 4 is 29.4 Å². The maximum atomic E-state index is 13.0. The summed E-state index contributed by atoms with van der Waals surface area (Å²) < 4.78 is 18.2. The molecular formula is C18H19ClFNO4. The van der Waals surface area contributed by atoms with Crippen molar-refractivity contribution in [3.63, 3.8) is 0 Å². The molecule has 3 atom stereocenters. The van der Waals surface area contributed by atoms with Gasteiger partial charge >= 0.3 is 5.97 Å². The van der Waals surface area contributed by atoms with Crippen molar-refractivity contribution in [1.82, 2.24) is 4.90 Å². The zero-order valence-corrected chi connectivity index (χ0v) is 14.6. The van der Waals surface area contributed by atoms with Crippen molar-refractivity contribution in [3.8, 4) is 0 Å². The first-order chi connectivity index (χ1) is 11.9. The fraction of sp³-hybridized carbons (Fsp3) is 0.500. The summed E-state index contributed by atoms with van der Waals surface area (Å²) in [6.07, 6.45) is 3.24. The van der Waals surface area contributed by atoms with Crippen LogP contribution in [0.4, 0.5) is 4.39 Å². The van der Waals surface area contributed by atoms with Gasteiger partial charge in [-0.2, -0.15) is 0 Å². The third-order valence-corrected chi connectivity index (χ3v) is 5.34. The fourth-order valence-electron chi connectivity index (χ4n) is 3.58. The number of hydrogen-bond donors (Lipinski definition) is 0. The highest BCUT2D eigenvalue weighted by molar-refractivity contribution is 6.31. The van der Waals surface area contributed by atoms with E-state index in [1.165, 1.54) is 19.1 Å². The van der Waals surface area contributed by atoms with Gasteiger partial charge in [0.1, 0.15) is 18.5 Å². The van der Waals surface area contributed by atoms with Crippen LogP contribution in [0, 0.1) is 17.7 Å². The predicted octanol–water partition coefficient (Wildman–Crippen LogP) is 3.09. The van der Waals surface area contributed by atoms with Crippen molar-refractivity contribution in [3.05, 3.63) is 34.6 Å². The molecule has 134 valence electrons. The SMILES string of the molecule is CC(C(=O)OCc1ccc(F)cc1Cl)N1C(=O)C2CCCCC2C1=O. The van der Waals surface area contributed by atoms with Crippen LogP contribution in [0.15, 0.2) is 18.2 Å². The van der Waals surface area contributed by atoms with Crippen molar-refractivity contribution < 1.29 is 23.5 Å². The highest BCUT2D eigenvalue weighted by Crippen LogP contribution is 2.39. The van der Waals surface area contributed by atoms with Gasteiger partial charge in [0.2, 0.25) is 11.8 Å². The Morgan fingerprint density at radius 1 is 1.28 bits per heavy atom. The van der Waals surface area contributed by atoms with E-state index in [9.17, 15) is 18.8 Å². The lowest BCUT2D eigenvalue weighted by Crippen LogP contribution is -2.44. The molecular weight excluding hydrogens is 349 g/mol. The molecule has 7 heteroatoms. The molecule has 5 nitrogen and oxygen atoms in total. The number of fused-ring (bicyclic) bond motifs is 1. The molecule has 3 unspecified atom stereocenters. The molecule has 25 heavy (non-hydrogen) atoms. The number of amides is 2. The largest absolute Gasteiger partial charge is 0.459 e. The molecule has 1 heterocycles. The highest BCUT2D eigenvalue weighted by Gasteiger charge is 2.51. The van der Waals surface area contributed by atoms with Crippen LogP contribution < -0.4 is 0 Å². The zero-order valence-electron chi connectivity index (χ0n) is 13.8. The minimum atomic E-state index is -0.982. The van der Waals surface area contributed by atoms with E-state index < -0.39 is 17.8 Å². The zero-order chi connectivity index (χ0) is 18.1. The van der Waals surface area contributed by atoms with E-state index in [0.717, 1.165) is 23.8 Å². The van der Waals surface area contributed by atoms with E-state index >= 15 is 0 Å². The molecule has 1 aliphatic carbocycles. The Labute approximate surface area is 150 Å². The molecule has 0 bridgehead atoms. The van der Waals surface area contributed by atoms with Crippen molar-refractivity contribution in [1.29, 1.82) is 0 Å². The Balaban J connectivity index is 1.66. The van der Waals surface area contributed by atoms with E-state index in [1.807, 2.05) is 0 Å². The second-order valence-electron chi connectivity index (χ2n) is 6.56. The minimum absolute atomic E-state index is 0.147. The van der Waals surface area contributed by atoms with Gasteiger partial charge in [-0.25, -0.2) is 9.18 Å². The maximum absolute atomic E-state index is 13.0. The van der Waals surface area contributed by atoms with Gasteiger partial charge in [0.05, 0.1) is 16.9 Å². The lowest BCUT2D eigenvalue weighted by molar-refractivity contribution is -0.159. The predicted molar refractivity (Wildman–Crippen MR) is 88.0 cm³/mol. The number of esters is 1. The molecule has 0 radical (unpaired) electrons. The van der Waals surface area contributed by atoms with Crippen LogP contribution in [-0.4, -0.2) is 28.7 Å². The Morgan fingerprint density at radius 2 is 1.88 bits per heavy atom. The van der Waals surface area contributed by atoms with Gasteiger partial charge < -0.3 is 4.74 Å². The molecule has 0 N–H and O–H groups in total. The van der Waals surface area contributed by atoms with Crippen LogP contribution >= 0.6 is 11.6 Å². The molecule has 1 aromatic rings. The van der Waals surface area contributed by atoms with Crippen LogP contribution in [-0.2, 0) is 25.7 Å². The third kappa shape index (κ3) is 3.40. The average Bonchev–Trinajstić information content (AvgIpc) is 2.85. The van der Waals surface area contributed by atoms with Gasteiger partial charge in [-0.05, 0) is 31.9 Å². The minimum Gasteiger partial charge on any atom is -0.459 e. The van der Waals surface area contributed by atoms with Gasteiger partial charge in [0.25, 0.3) is 0 Å². The van der Waals surface area contributed by atoms with E-state index in [0.29, 0.717) is 18.4 Å². The average molecular weight is 368 g/mol. The molecule has 0 aromatic heterocycles. The Kier molecular flexibility index (Phi) is 5.08. The fourth-order valence-corrected chi connectivity index (χ4v) is 3.81. The van der Waals surface area contributed by atoms with Crippen LogP contribution in [0.3, 0.4) is 0 Å². The molecule has 2 aliphatic rings. The quantitative estimate of drug-likeness (QED) is 0.606. The topological polar surface area (TPSA) is 63.7 Å². The summed E-state index contributed by atoms with van der Waals surface area (Å²) in [5, 5.41) is 0.153. The first-order valence-corrected chi connectivity index (χ1v) is 8.75. The summed E-state index contributed by atoms with van der Waals surface area (Å²) in [6.45, 7) is 1.34. The molecule has 1 aromatic carbocycles. The van der Waals surface area contributed by atoms with Crippen LogP contribution in [0.25, 0.3) is 0 Å². The summed E-state index contributed by atoms with van der Waals surface area (Å²) in [5.74, 6) is -2.32. The van der Waals surface area contributed by atoms with Crippen LogP contribution in [0.2, 0.25) is 5.02 Å². The number of carbonyl (C=O) groups excluding carboxylic acids is 3. The molecule has 0 spiro atoms. The molecule has 1 saturated carbocycles. The number of benzene rings is 1. The second-order valence-corrected chi connectivity index (χ2v) is 6.97. The molecule has 1 aliphatic heterocycles. The summed E-state index contributed by atoms with van der Waals surface area (Å²) in [7, 11) is 0. The summed E-state index contributed by atoms with van der Waals surface area (Å²) >= 11 is 5.90. The number of halogens is 2. The Morgan fingerprint density at radius 3 is 2.44 bits per heavy atom. The van der Waals surface area contributed by atoms with E-state index in [1.54, 1.807) is 0 Å². The number of ether oxygens (including phenoxy) is 1. The number of likely N-dealkylation sites (tertiary alicyclic amines) is 1.